The van der Waals surface area contributed by atoms with E-state index in [0.29, 0.717) is 18.5 Å². The fourth-order valence-corrected chi connectivity index (χ4v) is 3.89. The summed E-state index contributed by atoms with van der Waals surface area (Å²) in [5, 5.41) is 0. The lowest BCUT2D eigenvalue weighted by molar-refractivity contribution is -0.139. The molecule has 25 heavy (non-hydrogen) atoms. The second-order valence-electron chi connectivity index (χ2n) is 7.08. The number of carbonyl (C=O) groups is 1. The predicted octanol–water partition coefficient (Wildman–Crippen LogP) is 1.63. The number of piperazine rings is 1. The Morgan fingerprint density at radius 1 is 1.28 bits per heavy atom. The van der Waals surface area contributed by atoms with E-state index in [1.165, 1.54) is 5.56 Å². The van der Waals surface area contributed by atoms with E-state index in [1.54, 1.807) is 0 Å². The van der Waals surface area contributed by atoms with Crippen LogP contribution in [-0.4, -0.2) is 71.4 Å². The molecule has 0 bridgehead atoms. The normalized spacial score (nSPS) is 21.7. The zero-order valence-electron chi connectivity index (χ0n) is 15.1. The summed E-state index contributed by atoms with van der Waals surface area (Å²) in [6, 6.07) is 4.45. The number of hydrogen-bond acceptors (Lipinski definition) is 4. The highest BCUT2D eigenvalue weighted by molar-refractivity contribution is 5.79. The van der Waals surface area contributed by atoms with Crippen LogP contribution in [0, 0.1) is 18.3 Å². The summed E-state index contributed by atoms with van der Waals surface area (Å²) in [5.41, 5.74) is 1.24. The third kappa shape index (κ3) is 4.39. The van der Waals surface area contributed by atoms with Gasteiger partial charge >= 0.3 is 0 Å². The minimum absolute atomic E-state index is 0.177. The highest BCUT2D eigenvalue weighted by Gasteiger charge is 2.31. The number of carbonyl (C=O) groups excluding carboxylic acids is 1. The number of terminal acetylenes is 1. The molecular weight excluding hydrogens is 312 g/mol. The van der Waals surface area contributed by atoms with Crippen molar-refractivity contribution in [3.05, 3.63) is 30.1 Å². The van der Waals surface area contributed by atoms with Crippen LogP contribution in [0.25, 0.3) is 0 Å². The molecule has 3 rings (SSSR count). The summed E-state index contributed by atoms with van der Waals surface area (Å²) in [7, 11) is 0. The molecule has 2 aliphatic rings. The van der Waals surface area contributed by atoms with Crippen LogP contribution in [0.4, 0.5) is 0 Å². The van der Waals surface area contributed by atoms with E-state index in [-0.39, 0.29) is 5.92 Å². The van der Waals surface area contributed by atoms with Gasteiger partial charge in [0, 0.05) is 50.5 Å². The molecule has 2 aliphatic heterocycles. The molecule has 1 atom stereocenters. The van der Waals surface area contributed by atoms with Crippen LogP contribution in [0.3, 0.4) is 0 Å². The molecule has 2 fully saturated rings. The molecule has 0 N–H and O–H groups in total. The highest BCUT2D eigenvalue weighted by Crippen LogP contribution is 2.23. The van der Waals surface area contributed by atoms with Crippen LogP contribution >= 0.6 is 0 Å². The van der Waals surface area contributed by atoms with Crippen molar-refractivity contribution in [2.75, 3.05) is 45.8 Å². The van der Waals surface area contributed by atoms with E-state index in [0.717, 1.165) is 52.1 Å². The van der Waals surface area contributed by atoms with Gasteiger partial charge in [-0.05, 0) is 44.5 Å². The zero-order valence-corrected chi connectivity index (χ0v) is 15.1. The summed E-state index contributed by atoms with van der Waals surface area (Å²) < 4.78 is 0. The number of hydrogen-bond donors (Lipinski definition) is 0. The predicted molar refractivity (Wildman–Crippen MR) is 98.8 cm³/mol. The fourth-order valence-electron chi connectivity index (χ4n) is 3.89. The maximum atomic E-state index is 12.8. The van der Waals surface area contributed by atoms with Crippen molar-refractivity contribution in [1.82, 2.24) is 19.7 Å². The first-order chi connectivity index (χ1) is 12.2. The summed E-state index contributed by atoms with van der Waals surface area (Å²) in [4.78, 5) is 23.8. The van der Waals surface area contributed by atoms with Crippen LogP contribution in [0.1, 0.15) is 31.4 Å². The van der Waals surface area contributed by atoms with E-state index in [2.05, 4.69) is 38.6 Å². The summed E-state index contributed by atoms with van der Waals surface area (Å²) in [6.45, 7) is 8.32. The van der Waals surface area contributed by atoms with Crippen molar-refractivity contribution in [1.29, 1.82) is 0 Å². The van der Waals surface area contributed by atoms with Gasteiger partial charge in [-0.25, -0.2) is 0 Å². The number of nitrogens with zero attached hydrogens (tertiary/aromatic N) is 4. The van der Waals surface area contributed by atoms with Crippen molar-refractivity contribution in [3.8, 4) is 12.3 Å². The van der Waals surface area contributed by atoms with Gasteiger partial charge < -0.3 is 4.90 Å². The maximum absolute atomic E-state index is 12.8. The Hall–Kier alpha value is -1.90. The minimum Gasteiger partial charge on any atom is -0.340 e. The molecule has 1 aromatic heterocycles. The Morgan fingerprint density at radius 2 is 2.00 bits per heavy atom. The lowest BCUT2D eigenvalue weighted by atomic mass is 9.95. The average Bonchev–Trinajstić information content (AvgIpc) is 2.68. The first kappa shape index (κ1) is 17.9. The molecule has 1 amide bonds. The molecule has 0 aliphatic carbocycles. The van der Waals surface area contributed by atoms with Crippen LogP contribution < -0.4 is 0 Å². The number of piperidine rings is 1. The third-order valence-electron chi connectivity index (χ3n) is 5.59. The summed E-state index contributed by atoms with van der Waals surface area (Å²) >= 11 is 0. The highest BCUT2D eigenvalue weighted by atomic mass is 16.2. The van der Waals surface area contributed by atoms with Gasteiger partial charge in [-0.15, -0.1) is 6.42 Å². The Kier molecular flexibility index (Phi) is 6.06. The van der Waals surface area contributed by atoms with Crippen molar-refractivity contribution >= 4 is 5.91 Å². The van der Waals surface area contributed by atoms with E-state index < -0.39 is 0 Å². The molecule has 2 saturated heterocycles. The summed E-state index contributed by atoms with van der Waals surface area (Å²) in [6.07, 6.45) is 11.0. The Morgan fingerprint density at radius 3 is 2.60 bits per heavy atom. The van der Waals surface area contributed by atoms with E-state index in [4.69, 9.17) is 6.42 Å². The molecule has 1 aromatic rings. The van der Waals surface area contributed by atoms with Crippen molar-refractivity contribution in [2.45, 2.75) is 25.8 Å². The van der Waals surface area contributed by atoms with Gasteiger partial charge in [0.05, 0.1) is 6.54 Å². The van der Waals surface area contributed by atoms with Gasteiger partial charge in [-0.3, -0.25) is 19.6 Å². The number of pyridine rings is 1. The molecule has 134 valence electrons. The van der Waals surface area contributed by atoms with Gasteiger partial charge in [0.1, 0.15) is 0 Å². The summed E-state index contributed by atoms with van der Waals surface area (Å²) in [5.74, 6) is 3.21. The smallest absolute Gasteiger partial charge is 0.225 e. The lowest BCUT2D eigenvalue weighted by Gasteiger charge is -2.40. The van der Waals surface area contributed by atoms with Gasteiger partial charge in [-0.1, -0.05) is 12.0 Å². The first-order valence-corrected chi connectivity index (χ1v) is 9.27. The van der Waals surface area contributed by atoms with Crippen LogP contribution in [0.5, 0.6) is 0 Å². The van der Waals surface area contributed by atoms with Crippen LogP contribution in [0.15, 0.2) is 24.5 Å². The first-order valence-electron chi connectivity index (χ1n) is 9.27. The fraction of sp³-hybridized carbons (Fsp3) is 0.600. The third-order valence-corrected chi connectivity index (χ3v) is 5.59. The topological polar surface area (TPSA) is 39.7 Å². The number of likely N-dealkylation sites (tertiary alicyclic amines) is 1. The zero-order chi connectivity index (χ0) is 17.6. The quantitative estimate of drug-likeness (QED) is 0.781. The number of rotatable bonds is 4. The Balaban J connectivity index is 1.47. The van der Waals surface area contributed by atoms with Crippen LogP contribution in [0.2, 0.25) is 0 Å². The molecule has 1 unspecified atom stereocenters. The Bertz CT molecular complexity index is 596. The molecule has 0 aromatic carbocycles. The second-order valence-corrected chi connectivity index (χ2v) is 7.08. The van der Waals surface area contributed by atoms with Gasteiger partial charge in [0.15, 0.2) is 0 Å². The Labute approximate surface area is 151 Å². The van der Waals surface area contributed by atoms with E-state index >= 15 is 0 Å². The lowest BCUT2D eigenvalue weighted by Crippen LogP contribution is -2.52. The van der Waals surface area contributed by atoms with E-state index in [1.807, 2.05) is 18.5 Å². The second kappa shape index (κ2) is 8.46. The standard InChI is InChI=1S/C20H28N4O/c1-3-9-22-10-6-18(7-11-22)20(25)24-14-12-23(13-15-24)17(2)19-5-4-8-21-16-19/h1,4-5,8,16-18H,6-7,9-15H2,2H3. The molecule has 0 saturated carbocycles. The van der Waals surface area contributed by atoms with E-state index in [9.17, 15) is 4.79 Å². The van der Waals surface area contributed by atoms with Crippen molar-refractivity contribution < 1.29 is 4.79 Å². The average molecular weight is 340 g/mol. The largest absolute Gasteiger partial charge is 0.340 e. The SMILES string of the molecule is C#CCN1CCC(C(=O)N2CCN(C(C)c3cccnc3)CC2)CC1. The maximum Gasteiger partial charge on any atom is 0.225 e. The molecule has 0 spiro atoms. The van der Waals surface area contributed by atoms with Gasteiger partial charge in [0.2, 0.25) is 5.91 Å². The molecule has 0 radical (unpaired) electrons. The van der Waals surface area contributed by atoms with Gasteiger partial charge in [0.25, 0.3) is 0 Å². The molecule has 3 heterocycles. The number of aromatic nitrogens is 1. The van der Waals surface area contributed by atoms with Crippen molar-refractivity contribution in [2.24, 2.45) is 5.92 Å². The number of amides is 1. The molecule has 5 heteroatoms. The minimum atomic E-state index is 0.177. The monoisotopic (exact) mass is 340 g/mol. The van der Waals surface area contributed by atoms with Gasteiger partial charge in [-0.2, -0.15) is 0 Å². The van der Waals surface area contributed by atoms with Crippen molar-refractivity contribution in [3.63, 3.8) is 0 Å². The molecule has 5 nitrogen and oxygen atoms in total. The molecular formula is C20H28N4O. The van der Waals surface area contributed by atoms with Crippen LogP contribution in [-0.2, 0) is 4.79 Å².